The van der Waals surface area contributed by atoms with Gasteiger partial charge in [0.25, 0.3) is 0 Å². The molecule has 3 rings (SSSR count). The summed E-state index contributed by atoms with van der Waals surface area (Å²) in [5.41, 5.74) is 3.28. The van der Waals surface area contributed by atoms with Gasteiger partial charge in [0.1, 0.15) is 5.82 Å². The van der Waals surface area contributed by atoms with Gasteiger partial charge in [-0.05, 0) is 49.7 Å². The van der Waals surface area contributed by atoms with Gasteiger partial charge in [-0.25, -0.2) is 4.98 Å². The van der Waals surface area contributed by atoms with Gasteiger partial charge in [0.15, 0.2) is 11.5 Å². The van der Waals surface area contributed by atoms with Gasteiger partial charge in [-0.2, -0.15) is 0 Å². The molecule has 0 bridgehead atoms. The number of nitrogens with zero attached hydrogens (tertiary/aromatic N) is 1. The molecule has 0 aliphatic rings. The first-order chi connectivity index (χ1) is 12.7. The first-order valence-corrected chi connectivity index (χ1v) is 9.64. The molecule has 2 aromatic carbocycles. The zero-order valence-electron chi connectivity index (χ0n) is 15.1. The SMILES string of the molecule is CCOc1cc(CNCCCc2nc3ccccc3[nH]2)c(Br)cc1OC. The fraction of sp³-hybridized carbons (Fsp3) is 0.350. The Morgan fingerprint density at radius 2 is 2.04 bits per heavy atom. The molecule has 0 spiro atoms. The number of hydrogen-bond donors (Lipinski definition) is 2. The number of H-pyrrole nitrogens is 1. The molecule has 2 N–H and O–H groups in total. The minimum Gasteiger partial charge on any atom is -0.493 e. The summed E-state index contributed by atoms with van der Waals surface area (Å²) in [6.45, 7) is 4.27. The number of aromatic amines is 1. The lowest BCUT2D eigenvalue weighted by molar-refractivity contribution is 0.310. The van der Waals surface area contributed by atoms with Crippen LogP contribution in [0.4, 0.5) is 0 Å². The predicted molar refractivity (Wildman–Crippen MR) is 108 cm³/mol. The molecule has 0 fully saturated rings. The number of nitrogens with one attached hydrogen (secondary N) is 2. The summed E-state index contributed by atoms with van der Waals surface area (Å²) in [7, 11) is 1.65. The number of para-hydroxylation sites is 2. The normalized spacial score (nSPS) is 11.0. The number of rotatable bonds is 9. The van der Waals surface area contributed by atoms with E-state index in [0.717, 1.165) is 64.3 Å². The van der Waals surface area contributed by atoms with E-state index >= 15 is 0 Å². The second kappa shape index (κ2) is 9.05. The zero-order chi connectivity index (χ0) is 18.4. The second-order valence-electron chi connectivity index (χ2n) is 6.01. The number of halogens is 1. The smallest absolute Gasteiger partial charge is 0.161 e. The largest absolute Gasteiger partial charge is 0.493 e. The van der Waals surface area contributed by atoms with Crippen LogP contribution in [0.5, 0.6) is 11.5 Å². The van der Waals surface area contributed by atoms with Crippen molar-refractivity contribution < 1.29 is 9.47 Å². The summed E-state index contributed by atoms with van der Waals surface area (Å²) in [5, 5.41) is 3.49. The number of ether oxygens (including phenoxy) is 2. The monoisotopic (exact) mass is 417 g/mol. The number of aromatic nitrogens is 2. The molecule has 0 aliphatic heterocycles. The van der Waals surface area contributed by atoms with Crippen LogP contribution in [0.3, 0.4) is 0 Å². The molecular formula is C20H24BrN3O2. The van der Waals surface area contributed by atoms with Crippen LogP contribution in [0, 0.1) is 0 Å². The topological polar surface area (TPSA) is 59.2 Å². The lowest BCUT2D eigenvalue weighted by atomic mass is 10.2. The Bertz CT molecular complexity index is 830. The highest BCUT2D eigenvalue weighted by Gasteiger charge is 2.10. The predicted octanol–water partition coefficient (Wildman–Crippen LogP) is 4.46. The van der Waals surface area contributed by atoms with Crippen LogP contribution in [0.25, 0.3) is 11.0 Å². The maximum absolute atomic E-state index is 5.65. The van der Waals surface area contributed by atoms with E-state index < -0.39 is 0 Å². The van der Waals surface area contributed by atoms with Crippen molar-refractivity contribution >= 4 is 27.0 Å². The number of methoxy groups -OCH3 is 1. The lowest BCUT2D eigenvalue weighted by Crippen LogP contribution is -2.16. The number of fused-ring (bicyclic) bond motifs is 1. The Morgan fingerprint density at radius 3 is 2.81 bits per heavy atom. The molecule has 0 aliphatic carbocycles. The average Bonchev–Trinajstić information content (AvgIpc) is 3.06. The van der Waals surface area contributed by atoms with Crippen molar-refractivity contribution in [3.63, 3.8) is 0 Å². The third kappa shape index (κ3) is 4.56. The van der Waals surface area contributed by atoms with Crippen LogP contribution in [-0.4, -0.2) is 30.2 Å². The van der Waals surface area contributed by atoms with Crippen molar-refractivity contribution in [2.24, 2.45) is 0 Å². The summed E-state index contributed by atoms with van der Waals surface area (Å²) < 4.78 is 12.0. The third-order valence-corrected chi connectivity index (χ3v) is 4.89. The average molecular weight is 418 g/mol. The molecule has 1 heterocycles. The molecule has 0 saturated carbocycles. The van der Waals surface area contributed by atoms with Crippen molar-refractivity contribution in [3.8, 4) is 11.5 Å². The van der Waals surface area contributed by atoms with Crippen LogP contribution in [0.15, 0.2) is 40.9 Å². The molecule has 3 aromatic rings. The van der Waals surface area contributed by atoms with Crippen molar-refractivity contribution in [3.05, 3.63) is 52.3 Å². The molecule has 0 saturated heterocycles. The minimum absolute atomic E-state index is 0.613. The molecule has 6 heteroatoms. The van der Waals surface area contributed by atoms with E-state index in [1.807, 2.05) is 37.3 Å². The molecule has 138 valence electrons. The van der Waals surface area contributed by atoms with E-state index in [2.05, 4.69) is 37.3 Å². The van der Waals surface area contributed by atoms with Crippen molar-refractivity contribution in [1.29, 1.82) is 0 Å². The summed E-state index contributed by atoms with van der Waals surface area (Å²) in [5.74, 6) is 2.56. The van der Waals surface area contributed by atoms with Gasteiger partial charge in [0.2, 0.25) is 0 Å². The van der Waals surface area contributed by atoms with Crippen LogP contribution in [0.2, 0.25) is 0 Å². The maximum Gasteiger partial charge on any atom is 0.161 e. The van der Waals surface area contributed by atoms with E-state index in [-0.39, 0.29) is 0 Å². The minimum atomic E-state index is 0.613. The van der Waals surface area contributed by atoms with Crippen LogP contribution in [0.1, 0.15) is 24.7 Å². The molecule has 5 nitrogen and oxygen atoms in total. The van der Waals surface area contributed by atoms with Crippen molar-refractivity contribution in [1.82, 2.24) is 15.3 Å². The Hall–Kier alpha value is -2.05. The molecule has 0 unspecified atom stereocenters. The third-order valence-electron chi connectivity index (χ3n) is 4.15. The van der Waals surface area contributed by atoms with Gasteiger partial charge < -0.3 is 19.8 Å². The molecular weight excluding hydrogens is 394 g/mol. The number of imidazole rings is 1. The molecule has 0 amide bonds. The van der Waals surface area contributed by atoms with Gasteiger partial charge in [-0.15, -0.1) is 0 Å². The van der Waals surface area contributed by atoms with Gasteiger partial charge in [-0.1, -0.05) is 28.1 Å². The summed E-state index contributed by atoms with van der Waals surface area (Å²) >= 11 is 3.61. The fourth-order valence-corrected chi connectivity index (χ4v) is 3.33. The van der Waals surface area contributed by atoms with Crippen LogP contribution < -0.4 is 14.8 Å². The standard InChI is InChI=1S/C20H24BrN3O2/c1-3-26-19-11-14(15(21)12-18(19)25-2)13-22-10-6-9-20-23-16-7-4-5-8-17(16)24-20/h4-5,7-8,11-12,22H,3,6,9-10,13H2,1-2H3,(H,23,24). The van der Waals surface area contributed by atoms with Crippen LogP contribution >= 0.6 is 15.9 Å². The molecule has 26 heavy (non-hydrogen) atoms. The highest BCUT2D eigenvalue weighted by molar-refractivity contribution is 9.10. The van der Waals surface area contributed by atoms with Gasteiger partial charge in [0, 0.05) is 17.4 Å². The van der Waals surface area contributed by atoms with E-state index in [1.165, 1.54) is 0 Å². The lowest BCUT2D eigenvalue weighted by Gasteiger charge is -2.13. The van der Waals surface area contributed by atoms with Crippen molar-refractivity contribution in [2.75, 3.05) is 20.3 Å². The molecule has 0 radical (unpaired) electrons. The summed E-state index contributed by atoms with van der Waals surface area (Å²) in [6, 6.07) is 12.1. The second-order valence-corrected chi connectivity index (χ2v) is 6.86. The van der Waals surface area contributed by atoms with E-state index in [1.54, 1.807) is 7.11 Å². The maximum atomic E-state index is 5.65. The Morgan fingerprint density at radius 1 is 1.19 bits per heavy atom. The van der Waals surface area contributed by atoms with E-state index in [0.29, 0.717) is 6.61 Å². The molecule has 0 atom stereocenters. The van der Waals surface area contributed by atoms with Crippen LogP contribution in [-0.2, 0) is 13.0 Å². The van der Waals surface area contributed by atoms with Gasteiger partial charge in [-0.3, -0.25) is 0 Å². The highest BCUT2D eigenvalue weighted by atomic mass is 79.9. The quantitative estimate of drug-likeness (QED) is 0.504. The van der Waals surface area contributed by atoms with E-state index in [9.17, 15) is 0 Å². The first kappa shape index (κ1) is 18.7. The fourth-order valence-electron chi connectivity index (χ4n) is 2.87. The van der Waals surface area contributed by atoms with Crippen molar-refractivity contribution in [2.45, 2.75) is 26.3 Å². The Balaban J connectivity index is 1.50. The first-order valence-electron chi connectivity index (χ1n) is 8.84. The highest BCUT2D eigenvalue weighted by Crippen LogP contribution is 2.33. The Labute approximate surface area is 162 Å². The van der Waals surface area contributed by atoms with Gasteiger partial charge >= 0.3 is 0 Å². The summed E-state index contributed by atoms with van der Waals surface area (Å²) in [6.07, 6.45) is 1.95. The number of hydrogen-bond acceptors (Lipinski definition) is 4. The summed E-state index contributed by atoms with van der Waals surface area (Å²) in [4.78, 5) is 7.98. The Kier molecular flexibility index (Phi) is 6.52. The number of aryl methyl sites for hydroxylation is 1. The number of benzene rings is 2. The molecule has 1 aromatic heterocycles. The van der Waals surface area contributed by atoms with Gasteiger partial charge in [0.05, 0.1) is 24.8 Å². The zero-order valence-corrected chi connectivity index (χ0v) is 16.7. The van der Waals surface area contributed by atoms with E-state index in [4.69, 9.17) is 9.47 Å².